The van der Waals surface area contributed by atoms with Crippen LogP contribution < -0.4 is 20.4 Å². The van der Waals surface area contributed by atoms with Crippen molar-refractivity contribution in [2.24, 2.45) is 0 Å². The number of benzene rings is 4. The highest BCUT2D eigenvalue weighted by Gasteiger charge is 2.30. The lowest BCUT2D eigenvalue weighted by Gasteiger charge is -2.15. The molecule has 10 heteroatoms. The molecule has 0 bridgehead atoms. The van der Waals surface area contributed by atoms with E-state index in [0.29, 0.717) is 45.0 Å². The normalized spacial score (nSPS) is 14.4. The Morgan fingerprint density at radius 3 is 1.09 bits per heavy atom. The molecule has 4 aromatic rings. The summed E-state index contributed by atoms with van der Waals surface area (Å²) in [6.07, 6.45) is 2.57. The van der Waals surface area contributed by atoms with E-state index < -0.39 is 11.8 Å². The van der Waals surface area contributed by atoms with E-state index in [9.17, 15) is 28.8 Å². The molecule has 2 N–H and O–H groups in total. The third-order valence-electron chi connectivity index (χ3n) is 7.60. The molecule has 0 radical (unpaired) electrons. The molecule has 46 heavy (non-hydrogen) atoms. The summed E-state index contributed by atoms with van der Waals surface area (Å²) in [4.78, 5) is 76.3. The Balaban J connectivity index is 1.04. The zero-order chi connectivity index (χ0) is 32.5. The van der Waals surface area contributed by atoms with Gasteiger partial charge in [-0.15, -0.1) is 0 Å². The molecule has 2 aliphatic heterocycles. The average Bonchev–Trinajstić information content (AvgIpc) is 3.47. The van der Waals surface area contributed by atoms with Gasteiger partial charge in [-0.05, 0) is 97.8 Å². The number of amides is 6. The van der Waals surface area contributed by atoms with Crippen LogP contribution in [-0.4, -0.2) is 35.4 Å². The molecule has 0 aromatic heterocycles. The summed E-state index contributed by atoms with van der Waals surface area (Å²) in [5.74, 6) is -2.26. The summed E-state index contributed by atoms with van der Waals surface area (Å²) in [5, 5.41) is 5.68. The Kier molecular flexibility index (Phi) is 7.69. The molecule has 6 rings (SSSR count). The predicted octanol–water partition coefficient (Wildman–Crippen LogP) is 5.50. The van der Waals surface area contributed by atoms with Gasteiger partial charge in [0.1, 0.15) is 0 Å². The van der Waals surface area contributed by atoms with Crippen LogP contribution in [0, 0.1) is 0 Å². The number of nitrogens with one attached hydrogen (secondary N) is 2. The molecule has 0 fully saturated rings. The van der Waals surface area contributed by atoms with E-state index >= 15 is 0 Å². The highest BCUT2D eigenvalue weighted by molar-refractivity contribution is 6.31. The first-order chi connectivity index (χ1) is 22.1. The Labute approximate surface area is 263 Å². The maximum atomic E-state index is 12.8. The van der Waals surface area contributed by atoms with Gasteiger partial charge in [0.15, 0.2) is 0 Å². The summed E-state index contributed by atoms with van der Waals surface area (Å²) >= 11 is 0. The van der Waals surface area contributed by atoms with Gasteiger partial charge in [0.25, 0.3) is 35.4 Å². The molecule has 0 saturated heterocycles. The lowest BCUT2D eigenvalue weighted by molar-refractivity contribution is -0.121. The summed E-state index contributed by atoms with van der Waals surface area (Å²) in [5.41, 5.74) is 5.23. The third-order valence-corrected chi connectivity index (χ3v) is 7.60. The minimum absolute atomic E-state index is 0.340. The van der Waals surface area contributed by atoms with Crippen LogP contribution in [0.25, 0.3) is 11.1 Å². The zero-order valence-electron chi connectivity index (χ0n) is 24.7. The van der Waals surface area contributed by atoms with Gasteiger partial charge in [0.2, 0.25) is 0 Å². The Morgan fingerprint density at radius 2 is 0.804 bits per heavy atom. The van der Waals surface area contributed by atoms with Crippen LogP contribution in [0.15, 0.2) is 120 Å². The van der Waals surface area contributed by atoms with Crippen molar-refractivity contribution in [3.05, 3.63) is 131 Å². The molecule has 6 amide bonds. The van der Waals surface area contributed by atoms with Crippen LogP contribution in [0.5, 0.6) is 0 Å². The largest absolute Gasteiger partial charge is 0.322 e. The van der Waals surface area contributed by atoms with Crippen LogP contribution in [-0.2, 0) is 19.2 Å². The van der Waals surface area contributed by atoms with Gasteiger partial charge in [-0.2, -0.15) is 0 Å². The second-order valence-corrected chi connectivity index (χ2v) is 10.8. The zero-order valence-corrected chi connectivity index (χ0v) is 24.7. The van der Waals surface area contributed by atoms with Gasteiger partial charge in [0.05, 0.1) is 11.4 Å². The van der Waals surface area contributed by atoms with Gasteiger partial charge < -0.3 is 10.6 Å². The molecular weight excluding hydrogens is 584 g/mol. The minimum atomic E-state index is -0.410. The predicted molar refractivity (Wildman–Crippen MR) is 173 cm³/mol. The lowest BCUT2D eigenvalue weighted by atomic mass is 10.0. The Bertz CT molecular complexity index is 1840. The van der Waals surface area contributed by atoms with Crippen LogP contribution in [0.3, 0.4) is 0 Å². The van der Waals surface area contributed by atoms with Crippen molar-refractivity contribution in [2.75, 3.05) is 20.4 Å². The SMILES string of the molecule is CC1=CC(=O)N(c2ccc(C(=O)Nc3ccc(-c4ccc(NC(=O)c5ccc(N6C(=O)C=C(C)C6=O)cc5)cc4)cc3)cc2)C1=O. The van der Waals surface area contributed by atoms with Crippen LogP contribution >= 0.6 is 0 Å². The molecule has 0 spiro atoms. The van der Waals surface area contributed by atoms with E-state index in [-0.39, 0.29) is 23.6 Å². The van der Waals surface area contributed by atoms with Crippen molar-refractivity contribution in [3.8, 4) is 11.1 Å². The summed E-state index contributed by atoms with van der Waals surface area (Å²) in [6, 6.07) is 27.0. The van der Waals surface area contributed by atoms with Crippen LogP contribution in [0.2, 0.25) is 0 Å². The second-order valence-electron chi connectivity index (χ2n) is 10.8. The maximum Gasteiger partial charge on any atom is 0.261 e. The summed E-state index contributed by atoms with van der Waals surface area (Å²) in [7, 11) is 0. The van der Waals surface area contributed by atoms with Gasteiger partial charge >= 0.3 is 0 Å². The maximum absolute atomic E-state index is 12.8. The summed E-state index contributed by atoms with van der Waals surface area (Å²) < 4.78 is 0. The number of carbonyl (C=O) groups excluding carboxylic acids is 6. The molecular formula is C36H26N4O6. The monoisotopic (exact) mass is 610 g/mol. The van der Waals surface area contributed by atoms with Crippen molar-refractivity contribution in [1.82, 2.24) is 0 Å². The second kappa shape index (κ2) is 11.9. The molecule has 0 saturated carbocycles. The van der Waals surface area contributed by atoms with E-state index in [1.807, 2.05) is 24.3 Å². The van der Waals surface area contributed by atoms with Crippen molar-refractivity contribution in [1.29, 1.82) is 0 Å². The average molecular weight is 611 g/mol. The molecule has 10 nitrogen and oxygen atoms in total. The molecule has 0 atom stereocenters. The number of imide groups is 2. The van der Waals surface area contributed by atoms with Gasteiger partial charge in [-0.3, -0.25) is 28.8 Å². The fourth-order valence-electron chi connectivity index (χ4n) is 5.09. The van der Waals surface area contributed by atoms with E-state index in [1.165, 1.54) is 12.2 Å². The van der Waals surface area contributed by atoms with Crippen LogP contribution in [0.4, 0.5) is 22.7 Å². The van der Waals surface area contributed by atoms with Crippen molar-refractivity contribution < 1.29 is 28.8 Å². The number of rotatable bonds is 7. The van der Waals surface area contributed by atoms with Gasteiger partial charge in [0, 0.05) is 45.8 Å². The molecule has 226 valence electrons. The number of anilines is 4. The molecule has 0 aliphatic carbocycles. The molecule has 4 aromatic carbocycles. The smallest absolute Gasteiger partial charge is 0.261 e. The number of hydrogen-bond acceptors (Lipinski definition) is 6. The molecule has 2 heterocycles. The first-order valence-electron chi connectivity index (χ1n) is 14.3. The summed E-state index contributed by atoms with van der Waals surface area (Å²) in [6.45, 7) is 3.16. The van der Waals surface area contributed by atoms with Gasteiger partial charge in [-0.25, -0.2) is 9.80 Å². The Hall–Kier alpha value is -6.42. The molecule has 0 unspecified atom stereocenters. The van der Waals surface area contributed by atoms with Crippen molar-refractivity contribution >= 4 is 58.2 Å². The standard InChI is InChI=1S/C36H26N4O6/c1-21-19-31(41)39(35(21)45)29-15-7-25(8-16-29)33(43)37-27-11-3-23(4-12-27)24-5-13-28(14-6-24)38-34(44)26-9-17-30(18-10-26)40-32(42)20-22(2)36(40)46/h3-20H,1-2H3,(H,37,43)(H,38,44). The van der Waals surface area contributed by atoms with E-state index in [2.05, 4.69) is 10.6 Å². The van der Waals surface area contributed by atoms with E-state index in [0.717, 1.165) is 20.9 Å². The Morgan fingerprint density at radius 1 is 0.478 bits per heavy atom. The van der Waals surface area contributed by atoms with Crippen LogP contribution in [0.1, 0.15) is 34.6 Å². The molecule has 2 aliphatic rings. The van der Waals surface area contributed by atoms with E-state index in [1.54, 1.807) is 86.6 Å². The van der Waals surface area contributed by atoms with Crippen molar-refractivity contribution in [2.45, 2.75) is 13.8 Å². The fraction of sp³-hybridized carbons (Fsp3) is 0.0556. The number of carbonyl (C=O) groups is 6. The minimum Gasteiger partial charge on any atom is -0.322 e. The van der Waals surface area contributed by atoms with E-state index in [4.69, 9.17) is 0 Å². The van der Waals surface area contributed by atoms with Crippen molar-refractivity contribution in [3.63, 3.8) is 0 Å². The topological polar surface area (TPSA) is 133 Å². The lowest BCUT2D eigenvalue weighted by Crippen LogP contribution is -2.30. The third kappa shape index (κ3) is 5.74. The highest BCUT2D eigenvalue weighted by atomic mass is 16.2. The number of nitrogens with zero attached hydrogens (tertiary/aromatic N) is 2. The number of hydrogen-bond donors (Lipinski definition) is 2. The highest BCUT2D eigenvalue weighted by Crippen LogP contribution is 2.26. The van der Waals surface area contributed by atoms with Gasteiger partial charge in [-0.1, -0.05) is 24.3 Å². The fourth-order valence-corrected chi connectivity index (χ4v) is 5.09. The first-order valence-corrected chi connectivity index (χ1v) is 14.3. The first kappa shape index (κ1) is 29.6. The quantitative estimate of drug-likeness (QED) is 0.266.